The van der Waals surface area contributed by atoms with Gasteiger partial charge in [-0.25, -0.2) is 9.59 Å². The normalized spacial score (nSPS) is 12.1. The molecule has 0 aliphatic heterocycles. The first-order valence-electron chi connectivity index (χ1n) is 17.1. The van der Waals surface area contributed by atoms with Crippen LogP contribution in [-0.2, 0) is 19.2 Å². The fourth-order valence-electron chi connectivity index (χ4n) is 4.93. The van der Waals surface area contributed by atoms with E-state index in [0.29, 0.717) is 17.1 Å². The van der Waals surface area contributed by atoms with Crippen molar-refractivity contribution in [3.63, 3.8) is 0 Å². The summed E-state index contributed by atoms with van der Waals surface area (Å²) in [5.41, 5.74) is 0.824. The van der Waals surface area contributed by atoms with Crippen LogP contribution in [0.5, 0.6) is 11.5 Å². The Bertz CT molecular complexity index is 2290. The van der Waals surface area contributed by atoms with Crippen LogP contribution < -0.4 is 20.1 Å². The lowest BCUT2D eigenvalue weighted by molar-refractivity contribution is -0.127. The monoisotopic (exact) mass is 840 g/mol. The number of nitrogens with one attached hydrogen (secondary N) is 2. The van der Waals surface area contributed by atoms with Crippen LogP contribution in [0.25, 0.3) is 0 Å². The standard InChI is InChI=1S/C41H31Cl3N6O8/c1-22-18-33(46-39(54)37(24(3)52)50-48-35-20-26(15-17-30(35)43)41(56)58-28-12-8-5-9-13-28)31(44)21-32(22)45-38(53)36(23(2)51)49-47-34-19-25(14-16-29(34)42)40(55)57-27-10-6-4-7-11-27/h4-21,36-37H,1-3H3,(H,45,53)(H,46,54)/b49-47+,50-48+. The molecule has 0 aliphatic carbocycles. The number of hydrogen-bond donors (Lipinski definition) is 2. The fraction of sp³-hybridized carbons (Fsp3) is 0.122. The zero-order chi connectivity index (χ0) is 41.9. The molecular formula is C41H31Cl3N6O8. The maximum Gasteiger partial charge on any atom is 0.343 e. The Morgan fingerprint density at radius 1 is 0.534 bits per heavy atom. The summed E-state index contributed by atoms with van der Waals surface area (Å²) in [6, 6.07) is 24.5. The van der Waals surface area contributed by atoms with E-state index in [1.165, 1.54) is 48.5 Å². The number of aryl methyl sites for hydroxylation is 1. The maximum absolute atomic E-state index is 13.3. The number of azo groups is 2. The molecule has 2 N–H and O–H groups in total. The largest absolute Gasteiger partial charge is 0.423 e. The Hall–Kier alpha value is -6.61. The molecule has 0 radical (unpaired) electrons. The summed E-state index contributed by atoms with van der Waals surface area (Å²) in [6.07, 6.45) is 0. The number of esters is 2. The number of carbonyl (C=O) groups is 6. The summed E-state index contributed by atoms with van der Waals surface area (Å²) in [5, 5.41) is 21.0. The highest BCUT2D eigenvalue weighted by Crippen LogP contribution is 2.32. The number of benzene rings is 5. The molecule has 14 nitrogen and oxygen atoms in total. The number of ketones is 2. The van der Waals surface area contributed by atoms with Gasteiger partial charge in [-0.15, -0.1) is 0 Å². The van der Waals surface area contributed by atoms with Crippen molar-refractivity contribution in [1.29, 1.82) is 0 Å². The summed E-state index contributed by atoms with van der Waals surface area (Å²) in [6.45, 7) is 3.87. The summed E-state index contributed by atoms with van der Waals surface area (Å²) in [5.74, 6) is -3.82. The predicted octanol–water partition coefficient (Wildman–Crippen LogP) is 9.75. The van der Waals surface area contributed by atoms with Crippen LogP contribution >= 0.6 is 34.8 Å². The molecule has 2 unspecified atom stereocenters. The number of Topliss-reactive ketones (excluding diaryl/α,β-unsaturated/α-hetero) is 2. The number of para-hydroxylation sites is 2. The van der Waals surface area contributed by atoms with Gasteiger partial charge < -0.3 is 20.1 Å². The van der Waals surface area contributed by atoms with Gasteiger partial charge in [-0.05, 0) is 99.1 Å². The molecule has 0 saturated carbocycles. The molecule has 294 valence electrons. The van der Waals surface area contributed by atoms with E-state index in [9.17, 15) is 28.8 Å². The van der Waals surface area contributed by atoms with Crippen molar-refractivity contribution in [2.24, 2.45) is 20.5 Å². The van der Waals surface area contributed by atoms with Gasteiger partial charge in [0.1, 0.15) is 22.9 Å². The SMILES string of the molecule is CC(=O)C(/N=N/c1cc(C(=O)Oc2ccccc2)ccc1Cl)C(=O)Nc1cc(Cl)c(NC(=O)C(/N=N/c2cc(C(=O)Oc3ccccc3)ccc2Cl)C(C)=O)cc1C. The van der Waals surface area contributed by atoms with E-state index < -0.39 is 47.4 Å². The lowest BCUT2D eigenvalue weighted by Crippen LogP contribution is -2.32. The second kappa shape index (κ2) is 19.5. The predicted molar refractivity (Wildman–Crippen MR) is 217 cm³/mol. The Morgan fingerprint density at radius 2 is 0.948 bits per heavy atom. The third kappa shape index (κ3) is 11.3. The molecular weight excluding hydrogens is 811 g/mol. The van der Waals surface area contributed by atoms with Crippen LogP contribution in [0.4, 0.5) is 22.7 Å². The Morgan fingerprint density at radius 3 is 1.36 bits per heavy atom. The lowest BCUT2D eigenvalue weighted by Gasteiger charge is -2.15. The van der Waals surface area contributed by atoms with Gasteiger partial charge in [0.15, 0.2) is 11.6 Å². The minimum Gasteiger partial charge on any atom is -0.423 e. The van der Waals surface area contributed by atoms with E-state index in [1.807, 2.05) is 0 Å². The smallest absolute Gasteiger partial charge is 0.343 e. The summed E-state index contributed by atoms with van der Waals surface area (Å²) < 4.78 is 10.7. The summed E-state index contributed by atoms with van der Waals surface area (Å²) >= 11 is 19.0. The highest BCUT2D eigenvalue weighted by molar-refractivity contribution is 6.34. The zero-order valence-corrected chi connectivity index (χ0v) is 33.0. The van der Waals surface area contributed by atoms with Gasteiger partial charge in [-0.1, -0.05) is 71.2 Å². The van der Waals surface area contributed by atoms with Crippen LogP contribution in [-0.4, -0.2) is 47.4 Å². The Labute approximate surface area is 346 Å². The highest BCUT2D eigenvalue weighted by atomic mass is 35.5. The number of halogens is 3. The molecule has 5 aromatic carbocycles. The minimum atomic E-state index is -1.64. The zero-order valence-electron chi connectivity index (χ0n) is 30.7. The second-order valence-corrected chi connectivity index (χ2v) is 13.5. The molecule has 2 atom stereocenters. The number of anilines is 2. The van der Waals surface area contributed by atoms with Gasteiger partial charge in [0.25, 0.3) is 11.8 Å². The third-order valence-electron chi connectivity index (χ3n) is 7.93. The van der Waals surface area contributed by atoms with Crippen molar-refractivity contribution < 1.29 is 38.2 Å². The highest BCUT2D eigenvalue weighted by Gasteiger charge is 2.27. The average molecular weight is 842 g/mol. The second-order valence-electron chi connectivity index (χ2n) is 12.3. The molecule has 5 aromatic rings. The van der Waals surface area contributed by atoms with Gasteiger partial charge in [-0.2, -0.15) is 20.5 Å². The van der Waals surface area contributed by atoms with E-state index >= 15 is 0 Å². The first kappa shape index (κ1) is 42.5. The first-order valence-corrected chi connectivity index (χ1v) is 18.2. The maximum atomic E-state index is 13.3. The molecule has 17 heteroatoms. The van der Waals surface area contributed by atoms with E-state index in [1.54, 1.807) is 67.6 Å². The van der Waals surface area contributed by atoms with Gasteiger partial charge >= 0.3 is 11.9 Å². The number of ether oxygens (including phenoxy) is 2. The number of carbonyl (C=O) groups excluding carboxylic acids is 6. The van der Waals surface area contributed by atoms with E-state index in [-0.39, 0.29) is 48.9 Å². The van der Waals surface area contributed by atoms with Crippen molar-refractivity contribution in [2.75, 3.05) is 10.6 Å². The summed E-state index contributed by atoms with van der Waals surface area (Å²) in [7, 11) is 0. The fourth-order valence-corrected chi connectivity index (χ4v) is 5.45. The number of rotatable bonds is 14. The Kier molecular flexibility index (Phi) is 14.3. The molecule has 0 aromatic heterocycles. The molecule has 0 spiro atoms. The van der Waals surface area contributed by atoms with Crippen LogP contribution in [0.2, 0.25) is 15.1 Å². The van der Waals surface area contributed by atoms with Crippen molar-refractivity contribution in [3.05, 3.63) is 141 Å². The Balaban J connectivity index is 1.26. The molecule has 0 fully saturated rings. The van der Waals surface area contributed by atoms with Crippen LogP contribution in [0, 0.1) is 6.92 Å². The third-order valence-corrected chi connectivity index (χ3v) is 8.88. The van der Waals surface area contributed by atoms with Gasteiger partial charge in [0.05, 0.1) is 31.9 Å². The summed E-state index contributed by atoms with van der Waals surface area (Å²) in [4.78, 5) is 76.9. The molecule has 0 aliphatic rings. The molecule has 58 heavy (non-hydrogen) atoms. The van der Waals surface area contributed by atoms with Crippen LogP contribution in [0.15, 0.2) is 130 Å². The van der Waals surface area contributed by atoms with Crippen LogP contribution in [0.1, 0.15) is 40.1 Å². The molecule has 2 amide bonds. The average Bonchev–Trinajstić information content (AvgIpc) is 3.18. The minimum absolute atomic E-state index is 0.000697. The van der Waals surface area contributed by atoms with E-state index in [0.717, 1.165) is 13.8 Å². The molecule has 5 rings (SSSR count). The molecule has 0 saturated heterocycles. The first-order chi connectivity index (χ1) is 27.7. The van der Waals surface area contributed by atoms with Crippen molar-refractivity contribution in [1.82, 2.24) is 0 Å². The number of amides is 2. The van der Waals surface area contributed by atoms with Crippen molar-refractivity contribution in [2.45, 2.75) is 32.9 Å². The van der Waals surface area contributed by atoms with E-state index in [4.69, 9.17) is 44.3 Å². The van der Waals surface area contributed by atoms with Gasteiger partial charge in [0.2, 0.25) is 12.1 Å². The van der Waals surface area contributed by atoms with Gasteiger partial charge in [0, 0.05) is 5.69 Å². The molecule has 0 bridgehead atoms. The number of nitrogens with zero attached hydrogens (tertiary/aromatic N) is 4. The number of hydrogen-bond acceptors (Lipinski definition) is 12. The van der Waals surface area contributed by atoms with Crippen molar-refractivity contribution >= 4 is 92.9 Å². The van der Waals surface area contributed by atoms with Crippen LogP contribution in [0.3, 0.4) is 0 Å². The van der Waals surface area contributed by atoms with Gasteiger partial charge in [-0.3, -0.25) is 19.2 Å². The lowest BCUT2D eigenvalue weighted by atomic mass is 10.1. The van der Waals surface area contributed by atoms with E-state index in [2.05, 4.69) is 31.1 Å². The van der Waals surface area contributed by atoms with Crippen molar-refractivity contribution in [3.8, 4) is 11.5 Å². The molecule has 0 heterocycles. The quantitative estimate of drug-likeness (QED) is 0.0477. The topological polar surface area (TPSA) is 194 Å².